The van der Waals surface area contributed by atoms with Crippen LogP contribution in [0.5, 0.6) is 0 Å². The van der Waals surface area contributed by atoms with Crippen LogP contribution in [0.3, 0.4) is 0 Å². The Kier molecular flexibility index (Phi) is 72.4. The number of aliphatic hydroxyl groups excluding tert-OH is 1. The van der Waals surface area contributed by atoms with Crippen LogP contribution < -0.4 is 0 Å². The molecule has 0 aliphatic rings. The van der Waals surface area contributed by atoms with Crippen molar-refractivity contribution < 1.29 is 57.9 Å². The Labute approximate surface area is 85.6 Å². The second-order valence-corrected chi connectivity index (χ2v) is 0.539. The van der Waals surface area contributed by atoms with E-state index in [-0.39, 0.29) is 53.0 Å². The third-order valence-corrected chi connectivity index (χ3v) is 0.188. The second-order valence-electron chi connectivity index (χ2n) is 0.539. The van der Waals surface area contributed by atoms with Gasteiger partial charge in [0.25, 0.3) is 0 Å². The largest absolute Gasteiger partial charge is 0.507 e. The van der Waals surface area contributed by atoms with Crippen LogP contribution in [0.4, 0.5) is 4.79 Å². The molecule has 0 saturated carbocycles. The maximum atomic E-state index is 9.22. The molecule has 4 N–H and O–H groups in total. The number of hydrogen-bond acceptors (Lipinski definition) is 3. The molecule has 0 aromatic heterocycles. The number of rotatable bonds is 1. The molecule has 63 valence electrons. The molecule has 0 bridgehead atoms. The summed E-state index contributed by atoms with van der Waals surface area (Å²) in [5.74, 6) is 0. The van der Waals surface area contributed by atoms with E-state index in [1.807, 2.05) is 0 Å². The number of hydrogen-bond donors (Lipinski definition) is 2. The Balaban J connectivity index is -0.0000000208. The van der Waals surface area contributed by atoms with E-state index >= 15 is 0 Å². The van der Waals surface area contributed by atoms with Crippen molar-refractivity contribution in [1.82, 2.24) is 0 Å². The van der Waals surface area contributed by atoms with Crippen LogP contribution in [-0.2, 0) is 37.4 Å². The minimum atomic E-state index is -1.46. The number of carboxylic acid groups (broad SMARTS) is 1. The Morgan fingerprint density at radius 1 is 1.40 bits per heavy atom. The van der Waals surface area contributed by atoms with E-state index < -0.39 is 12.9 Å². The second kappa shape index (κ2) is 22.8. The molecule has 0 fully saturated rings. The van der Waals surface area contributed by atoms with Crippen LogP contribution in [0.2, 0.25) is 0 Å². The van der Waals surface area contributed by atoms with Crippen molar-refractivity contribution in [2.45, 2.75) is 14.9 Å². The van der Waals surface area contributed by atoms with Gasteiger partial charge < -0.3 is 20.4 Å². The molecule has 1 radical (unpaired) electrons. The Hall–Kier alpha value is 0.294. The smallest absolute Gasteiger partial charge is 0.450 e. The predicted molar refractivity (Wildman–Crippen MR) is 33.3 cm³/mol. The van der Waals surface area contributed by atoms with Gasteiger partial charge in [0, 0.05) is 32.7 Å². The first-order chi connectivity index (χ1) is 2.77. The Morgan fingerprint density at radius 3 is 1.70 bits per heavy atom. The van der Waals surface area contributed by atoms with E-state index in [9.17, 15) is 4.79 Å². The van der Waals surface area contributed by atoms with Crippen LogP contribution in [-0.4, -0.2) is 28.6 Å². The van der Waals surface area contributed by atoms with Crippen molar-refractivity contribution >= 4 is 6.16 Å². The summed E-state index contributed by atoms with van der Waals surface area (Å²) in [7, 11) is 0. The van der Waals surface area contributed by atoms with E-state index in [0.717, 1.165) is 0 Å². The van der Waals surface area contributed by atoms with Gasteiger partial charge in [-0.15, -0.1) is 0 Å². The summed E-state index contributed by atoms with van der Waals surface area (Å²) in [5, 5.41) is 15.2. The zero-order chi connectivity index (χ0) is 4.99. The van der Waals surface area contributed by atoms with Crippen LogP contribution in [0, 0.1) is 0 Å². The molecule has 0 unspecified atom stereocenters. The van der Waals surface area contributed by atoms with Gasteiger partial charge in [0.2, 0.25) is 0 Å². The van der Waals surface area contributed by atoms with E-state index in [0.29, 0.717) is 0 Å². The molecule has 0 saturated heterocycles. The summed E-state index contributed by atoms with van der Waals surface area (Å²) in [6.07, 6.45) is -1.46. The van der Waals surface area contributed by atoms with Gasteiger partial charge in [-0.2, -0.15) is 0 Å². The fraction of sp³-hybridized carbons (Fsp3) is 0.750. The Morgan fingerprint density at radius 2 is 1.70 bits per heavy atom. The van der Waals surface area contributed by atoms with Gasteiger partial charge in [0.15, 0.2) is 6.79 Å². The number of aliphatic hydroxyl groups is 1. The van der Waals surface area contributed by atoms with Gasteiger partial charge in [-0.1, -0.05) is 14.9 Å². The quantitative estimate of drug-likeness (QED) is 0.493. The molecule has 0 rings (SSSR count). The van der Waals surface area contributed by atoms with Gasteiger partial charge in [-0.25, -0.2) is 4.79 Å². The van der Waals surface area contributed by atoms with Gasteiger partial charge >= 0.3 is 6.16 Å². The minimum Gasteiger partial charge on any atom is -0.450 e. The van der Waals surface area contributed by atoms with E-state index in [4.69, 9.17) is 10.2 Å². The summed E-state index contributed by atoms with van der Waals surface area (Å²) >= 11 is 0. The van der Waals surface area contributed by atoms with Gasteiger partial charge in [0.05, 0.1) is 0 Å². The fourth-order valence-corrected chi connectivity index (χ4v) is 0.0552. The molecule has 0 aromatic rings. The first-order valence-corrected chi connectivity index (χ1v) is 1.24. The van der Waals surface area contributed by atoms with Crippen molar-refractivity contribution in [3.8, 4) is 0 Å². The molecule has 0 amide bonds. The van der Waals surface area contributed by atoms with E-state index in [1.165, 1.54) is 0 Å². The molecule has 0 aromatic carbocycles. The number of ether oxygens (including phenoxy) is 1. The summed E-state index contributed by atoms with van der Waals surface area (Å²) in [6, 6.07) is 0. The van der Waals surface area contributed by atoms with Crippen molar-refractivity contribution in [3.63, 3.8) is 0 Å². The summed E-state index contributed by atoms with van der Waals surface area (Å²) in [5.41, 5.74) is 0. The van der Waals surface area contributed by atoms with Gasteiger partial charge in [0.1, 0.15) is 0 Å². The van der Waals surface area contributed by atoms with Crippen LogP contribution >= 0.6 is 0 Å². The van der Waals surface area contributed by atoms with Crippen molar-refractivity contribution in [3.05, 3.63) is 0 Å². The molecular formula is C4H14O5Y. The maximum absolute atomic E-state index is 9.22. The minimum absolute atomic E-state index is 0. The molecule has 0 heterocycles. The zero-order valence-electron chi connectivity index (χ0n) is 4.00. The monoisotopic (exact) mass is 231 g/mol. The molecule has 10 heavy (non-hydrogen) atoms. The summed E-state index contributed by atoms with van der Waals surface area (Å²) in [4.78, 5) is 9.22. The SMILES string of the molecule is C.C.O.O=C(O)OCO.[Y]. The first kappa shape index (κ1) is 31.7. The van der Waals surface area contributed by atoms with Crippen molar-refractivity contribution in [2.24, 2.45) is 0 Å². The maximum Gasteiger partial charge on any atom is 0.507 e. The Bertz CT molecular complexity index is 57.6. The topological polar surface area (TPSA) is 98.3 Å². The van der Waals surface area contributed by atoms with Crippen molar-refractivity contribution in [2.75, 3.05) is 6.79 Å². The molecule has 0 aliphatic carbocycles. The average Bonchev–Trinajstić information content (AvgIpc) is 1.35. The molecule has 6 heteroatoms. The van der Waals surface area contributed by atoms with Crippen molar-refractivity contribution in [1.29, 1.82) is 0 Å². The third kappa shape index (κ3) is 40.7. The van der Waals surface area contributed by atoms with Crippen LogP contribution in [0.25, 0.3) is 0 Å². The fourth-order valence-electron chi connectivity index (χ4n) is 0.0552. The van der Waals surface area contributed by atoms with Gasteiger partial charge in [-0.3, -0.25) is 0 Å². The summed E-state index contributed by atoms with van der Waals surface area (Å²) in [6.45, 7) is -0.769. The van der Waals surface area contributed by atoms with Gasteiger partial charge in [-0.05, 0) is 0 Å². The number of carbonyl (C=O) groups is 1. The van der Waals surface area contributed by atoms with E-state index in [2.05, 4.69) is 4.74 Å². The standard InChI is InChI=1S/C2H4O4.2CH4.H2O.Y/c3-1-6-2(4)5;;;;/h3H,1H2,(H,4,5);2*1H4;1H2;. The predicted octanol–water partition coefficient (Wildman–Crippen LogP) is 0.0758. The molecule has 0 aliphatic heterocycles. The zero-order valence-corrected chi connectivity index (χ0v) is 6.83. The van der Waals surface area contributed by atoms with E-state index in [1.54, 1.807) is 0 Å². The molecular weight excluding hydrogens is 217 g/mol. The van der Waals surface area contributed by atoms with Crippen LogP contribution in [0.15, 0.2) is 0 Å². The third-order valence-electron chi connectivity index (χ3n) is 0.188. The van der Waals surface area contributed by atoms with Crippen LogP contribution in [0.1, 0.15) is 14.9 Å². The first-order valence-electron chi connectivity index (χ1n) is 1.24. The molecule has 5 nitrogen and oxygen atoms in total. The molecule has 0 spiro atoms. The molecule has 0 atom stereocenters. The average molecular weight is 231 g/mol. The summed E-state index contributed by atoms with van der Waals surface area (Å²) < 4.78 is 3.51. The normalized spacial score (nSPS) is 4.50.